The highest BCUT2D eigenvalue weighted by Gasteiger charge is 2.17. The lowest BCUT2D eigenvalue weighted by Gasteiger charge is -2.18. The third-order valence-electron chi connectivity index (χ3n) is 3.31. The van der Waals surface area contributed by atoms with Crippen LogP contribution in [0.4, 0.5) is 0 Å². The zero-order valence-electron chi connectivity index (χ0n) is 10.8. The van der Waals surface area contributed by atoms with E-state index in [0.717, 1.165) is 12.8 Å². The fourth-order valence-corrected chi connectivity index (χ4v) is 2.32. The maximum absolute atomic E-state index is 10.9. The molecule has 1 aliphatic carbocycles. The topological polar surface area (TPSA) is 58.6 Å². The van der Waals surface area contributed by atoms with Gasteiger partial charge >= 0.3 is 5.97 Å². The van der Waals surface area contributed by atoms with E-state index in [1.165, 1.54) is 25.7 Å². The molecule has 0 saturated heterocycles. The predicted molar refractivity (Wildman–Crippen MR) is 67.2 cm³/mol. The summed E-state index contributed by atoms with van der Waals surface area (Å²) in [7, 11) is 0. The molecule has 4 heteroatoms. The number of aliphatic carboxylic acids is 1. The van der Waals surface area contributed by atoms with Gasteiger partial charge in [0.2, 0.25) is 0 Å². The smallest absolute Gasteiger partial charge is 0.320 e. The Morgan fingerprint density at radius 1 is 1.35 bits per heavy atom. The molecule has 1 rings (SSSR count). The first-order valence-electron chi connectivity index (χ1n) is 6.81. The van der Waals surface area contributed by atoms with Crippen molar-refractivity contribution >= 4 is 5.97 Å². The molecule has 0 aromatic carbocycles. The van der Waals surface area contributed by atoms with Crippen molar-refractivity contribution in [3.63, 3.8) is 0 Å². The number of hydrogen-bond acceptors (Lipinski definition) is 3. The SMILES string of the molecule is CCNC(CCOC1CCCCCC1)C(=O)O. The standard InChI is InChI=1S/C13H25NO3/c1-2-14-12(13(15)16)9-10-17-11-7-5-3-4-6-8-11/h11-12,14H,2-10H2,1H3,(H,15,16). The lowest BCUT2D eigenvalue weighted by Crippen LogP contribution is -2.37. The van der Waals surface area contributed by atoms with Crippen molar-refractivity contribution in [2.24, 2.45) is 0 Å². The Morgan fingerprint density at radius 3 is 2.53 bits per heavy atom. The Kier molecular flexibility index (Phi) is 7.21. The summed E-state index contributed by atoms with van der Waals surface area (Å²) in [4.78, 5) is 10.9. The molecule has 4 nitrogen and oxygen atoms in total. The van der Waals surface area contributed by atoms with Crippen molar-refractivity contribution < 1.29 is 14.6 Å². The van der Waals surface area contributed by atoms with E-state index in [4.69, 9.17) is 9.84 Å². The second-order valence-electron chi connectivity index (χ2n) is 4.72. The predicted octanol–water partition coefficient (Wildman–Crippen LogP) is 2.18. The third-order valence-corrected chi connectivity index (χ3v) is 3.31. The number of hydrogen-bond donors (Lipinski definition) is 2. The van der Waals surface area contributed by atoms with Crippen molar-refractivity contribution in [3.05, 3.63) is 0 Å². The summed E-state index contributed by atoms with van der Waals surface area (Å²) in [6, 6.07) is -0.467. The summed E-state index contributed by atoms with van der Waals surface area (Å²) in [5.74, 6) is -0.781. The highest BCUT2D eigenvalue weighted by Crippen LogP contribution is 2.19. The highest BCUT2D eigenvalue weighted by atomic mass is 16.5. The average molecular weight is 243 g/mol. The molecule has 0 bridgehead atoms. The van der Waals surface area contributed by atoms with Crippen molar-refractivity contribution in [2.75, 3.05) is 13.2 Å². The Bertz CT molecular complexity index is 213. The maximum atomic E-state index is 10.9. The summed E-state index contributed by atoms with van der Waals surface area (Å²) >= 11 is 0. The van der Waals surface area contributed by atoms with Gasteiger partial charge in [-0.05, 0) is 25.8 Å². The Labute approximate surface area is 104 Å². The fraction of sp³-hybridized carbons (Fsp3) is 0.923. The van der Waals surface area contributed by atoms with Crippen LogP contribution < -0.4 is 5.32 Å². The Morgan fingerprint density at radius 2 is 2.00 bits per heavy atom. The molecule has 0 spiro atoms. The van der Waals surface area contributed by atoms with Crippen LogP contribution in [0.1, 0.15) is 51.9 Å². The van der Waals surface area contributed by atoms with Gasteiger partial charge in [-0.15, -0.1) is 0 Å². The zero-order chi connectivity index (χ0) is 12.5. The summed E-state index contributed by atoms with van der Waals surface area (Å²) in [6.45, 7) is 3.15. The minimum Gasteiger partial charge on any atom is -0.480 e. The van der Waals surface area contributed by atoms with Crippen LogP contribution in [0.15, 0.2) is 0 Å². The molecule has 1 fully saturated rings. The average Bonchev–Trinajstić information content (AvgIpc) is 2.56. The van der Waals surface area contributed by atoms with Crippen LogP contribution in [0.5, 0.6) is 0 Å². The van der Waals surface area contributed by atoms with Crippen molar-refractivity contribution in [1.29, 1.82) is 0 Å². The van der Waals surface area contributed by atoms with E-state index in [9.17, 15) is 4.79 Å². The van der Waals surface area contributed by atoms with Crippen molar-refractivity contribution in [3.8, 4) is 0 Å². The second-order valence-corrected chi connectivity index (χ2v) is 4.72. The van der Waals surface area contributed by atoms with Crippen LogP contribution in [0.25, 0.3) is 0 Å². The Balaban J connectivity index is 2.17. The van der Waals surface area contributed by atoms with Crippen LogP contribution in [-0.4, -0.2) is 36.4 Å². The molecule has 100 valence electrons. The number of likely N-dealkylation sites (N-methyl/N-ethyl adjacent to an activating group) is 1. The van der Waals surface area contributed by atoms with Gasteiger partial charge < -0.3 is 15.2 Å². The number of carbonyl (C=O) groups is 1. The quantitative estimate of drug-likeness (QED) is 0.673. The number of ether oxygens (including phenoxy) is 1. The van der Waals surface area contributed by atoms with E-state index < -0.39 is 12.0 Å². The van der Waals surface area contributed by atoms with E-state index in [2.05, 4.69) is 5.32 Å². The zero-order valence-corrected chi connectivity index (χ0v) is 10.8. The molecule has 0 aromatic heterocycles. The highest BCUT2D eigenvalue weighted by molar-refractivity contribution is 5.73. The number of carboxylic acid groups (broad SMARTS) is 1. The van der Waals surface area contributed by atoms with Gasteiger partial charge in [0.15, 0.2) is 0 Å². The van der Waals surface area contributed by atoms with Gasteiger partial charge in [0.25, 0.3) is 0 Å². The minimum absolute atomic E-state index is 0.355. The lowest BCUT2D eigenvalue weighted by molar-refractivity contribution is -0.140. The van der Waals surface area contributed by atoms with E-state index in [0.29, 0.717) is 25.7 Å². The van der Waals surface area contributed by atoms with Gasteiger partial charge in [-0.2, -0.15) is 0 Å². The molecule has 1 unspecified atom stereocenters. The van der Waals surface area contributed by atoms with Crippen LogP contribution in [0, 0.1) is 0 Å². The first-order chi connectivity index (χ1) is 8.24. The van der Waals surface area contributed by atoms with Gasteiger partial charge in [-0.3, -0.25) is 4.79 Å². The number of carboxylic acids is 1. The van der Waals surface area contributed by atoms with Crippen LogP contribution in [0.3, 0.4) is 0 Å². The molecule has 2 N–H and O–H groups in total. The summed E-state index contributed by atoms with van der Waals surface area (Å²) in [5.41, 5.74) is 0. The second kappa shape index (κ2) is 8.48. The first-order valence-corrected chi connectivity index (χ1v) is 6.81. The number of rotatable bonds is 7. The molecule has 0 heterocycles. The largest absolute Gasteiger partial charge is 0.480 e. The van der Waals surface area contributed by atoms with Gasteiger partial charge in [0.05, 0.1) is 6.10 Å². The van der Waals surface area contributed by atoms with Crippen LogP contribution in [0.2, 0.25) is 0 Å². The first kappa shape index (κ1) is 14.5. The Hall–Kier alpha value is -0.610. The van der Waals surface area contributed by atoms with Gasteiger partial charge in [0.1, 0.15) is 6.04 Å². The molecular weight excluding hydrogens is 218 g/mol. The van der Waals surface area contributed by atoms with Crippen molar-refractivity contribution in [1.82, 2.24) is 5.32 Å². The van der Waals surface area contributed by atoms with Gasteiger partial charge in [0, 0.05) is 6.61 Å². The molecule has 1 saturated carbocycles. The molecular formula is C13H25NO3. The van der Waals surface area contributed by atoms with E-state index in [1.54, 1.807) is 0 Å². The van der Waals surface area contributed by atoms with Crippen LogP contribution in [-0.2, 0) is 9.53 Å². The molecule has 0 radical (unpaired) electrons. The molecule has 1 aliphatic rings. The monoisotopic (exact) mass is 243 g/mol. The summed E-state index contributed by atoms with van der Waals surface area (Å²) in [6.07, 6.45) is 8.32. The van der Waals surface area contributed by atoms with Crippen molar-refractivity contribution in [2.45, 2.75) is 64.0 Å². The molecule has 0 aliphatic heterocycles. The fourth-order valence-electron chi connectivity index (χ4n) is 2.32. The maximum Gasteiger partial charge on any atom is 0.320 e. The normalized spacial score (nSPS) is 19.8. The van der Waals surface area contributed by atoms with E-state index >= 15 is 0 Å². The molecule has 0 aromatic rings. The lowest BCUT2D eigenvalue weighted by atomic mass is 10.1. The van der Waals surface area contributed by atoms with E-state index in [-0.39, 0.29) is 0 Å². The van der Waals surface area contributed by atoms with Crippen LogP contribution >= 0.6 is 0 Å². The van der Waals surface area contributed by atoms with Gasteiger partial charge in [-0.1, -0.05) is 32.6 Å². The van der Waals surface area contributed by atoms with E-state index in [1.807, 2.05) is 6.92 Å². The van der Waals surface area contributed by atoms with Gasteiger partial charge in [-0.25, -0.2) is 0 Å². The third kappa shape index (κ3) is 6.03. The minimum atomic E-state index is -0.781. The number of nitrogens with one attached hydrogen (secondary N) is 1. The molecule has 0 amide bonds. The molecule has 1 atom stereocenters. The summed E-state index contributed by atoms with van der Waals surface area (Å²) < 4.78 is 5.79. The summed E-state index contributed by atoms with van der Waals surface area (Å²) in [5, 5.41) is 11.9. The molecule has 17 heavy (non-hydrogen) atoms.